The smallest absolute Gasteiger partial charge is 0.509 e. The Morgan fingerprint density at radius 3 is 2.12 bits per heavy atom. The third-order valence-electron chi connectivity index (χ3n) is 10.5. The average molecular weight is 866 g/mol. The Labute approximate surface area is 320 Å². The van der Waals surface area contributed by atoms with E-state index in [1.807, 2.05) is 30.5 Å². The van der Waals surface area contributed by atoms with E-state index < -0.39 is 0 Å². The molecule has 264 valence electrons. The molecule has 52 heavy (non-hydrogen) atoms. The van der Waals surface area contributed by atoms with Crippen molar-refractivity contribution < 1.29 is 25.8 Å². The second kappa shape index (κ2) is 13.9. The van der Waals surface area contributed by atoms with E-state index in [0.29, 0.717) is 11.5 Å². The second-order valence-electron chi connectivity index (χ2n) is 14.2. The van der Waals surface area contributed by atoms with Crippen LogP contribution in [0.15, 0.2) is 85.1 Å². The van der Waals surface area contributed by atoms with Crippen LogP contribution in [0.1, 0.15) is 47.9 Å². The predicted molar refractivity (Wildman–Crippen MR) is 207 cm³/mol. The van der Waals surface area contributed by atoms with Crippen LogP contribution >= 0.6 is 0 Å². The van der Waals surface area contributed by atoms with Crippen molar-refractivity contribution >= 4 is 33.4 Å². The fourth-order valence-electron chi connectivity index (χ4n) is 8.29. The molecule has 4 aromatic carbocycles. The summed E-state index contributed by atoms with van der Waals surface area (Å²) in [5.41, 5.74) is 10.4. The summed E-state index contributed by atoms with van der Waals surface area (Å²) in [6.07, 6.45) is 6.59. The van der Waals surface area contributed by atoms with Gasteiger partial charge in [0.25, 0.3) is 0 Å². The van der Waals surface area contributed by atoms with E-state index in [0.717, 1.165) is 76.7 Å². The van der Waals surface area contributed by atoms with Crippen LogP contribution in [0.5, 0.6) is 11.5 Å². The van der Waals surface area contributed by atoms with Gasteiger partial charge in [0.05, 0.1) is 5.56 Å². The number of hydrogen-bond donors (Lipinski definition) is 0. The monoisotopic (exact) mass is 865 g/mol. The third-order valence-corrected chi connectivity index (χ3v) is 10.5. The molecule has 0 bridgehead atoms. The zero-order valence-corrected chi connectivity index (χ0v) is 32.4. The standard InChI is InChI=1S/C44H42N6O.Pt/c1-29-18-19-45-40(26-29)49-38-15-6-5-14-36(38)37-17-16-35(28-39(37)49)51-34-13-11-12-33(27-34)50-44(48-22-9-10-23-48)42(43(46-50)47-20-7-8-21-47)41-31(3)24-30(2)25-32(41)4;/h5-6,11-19,24-26H,7-10,20-23H2,1-4H3;/q-2;+2. The molecule has 2 fully saturated rings. The van der Waals surface area contributed by atoms with E-state index in [-0.39, 0.29) is 21.1 Å². The first-order chi connectivity index (χ1) is 24.9. The van der Waals surface area contributed by atoms with Crippen LogP contribution in [0.4, 0.5) is 11.6 Å². The van der Waals surface area contributed by atoms with Crippen LogP contribution in [0.2, 0.25) is 0 Å². The minimum atomic E-state index is 0. The molecule has 0 aliphatic carbocycles. The Hall–Kier alpha value is -4.87. The van der Waals surface area contributed by atoms with Gasteiger partial charge in [-0.05, 0) is 105 Å². The van der Waals surface area contributed by atoms with Gasteiger partial charge in [-0.25, -0.2) is 9.67 Å². The molecule has 0 unspecified atom stereocenters. The first-order valence-electron chi connectivity index (χ1n) is 18.2. The van der Waals surface area contributed by atoms with Gasteiger partial charge in [0.15, 0.2) is 5.82 Å². The van der Waals surface area contributed by atoms with Crippen molar-refractivity contribution in [2.45, 2.75) is 53.4 Å². The fraction of sp³-hybridized carbons (Fsp3) is 0.273. The number of nitrogens with zero attached hydrogens (tertiary/aromatic N) is 6. The predicted octanol–water partition coefficient (Wildman–Crippen LogP) is 9.86. The van der Waals surface area contributed by atoms with E-state index in [2.05, 4.69) is 113 Å². The van der Waals surface area contributed by atoms with Crippen LogP contribution in [0.25, 0.3) is 44.4 Å². The number of aryl methyl sites for hydroxylation is 4. The van der Waals surface area contributed by atoms with E-state index in [4.69, 9.17) is 14.8 Å². The summed E-state index contributed by atoms with van der Waals surface area (Å²) < 4.78 is 10.9. The summed E-state index contributed by atoms with van der Waals surface area (Å²) in [7, 11) is 0. The normalized spacial score (nSPS) is 14.5. The maximum absolute atomic E-state index is 6.59. The Balaban J connectivity index is 0.00000387. The summed E-state index contributed by atoms with van der Waals surface area (Å²) in [5, 5.41) is 7.71. The van der Waals surface area contributed by atoms with Gasteiger partial charge in [0, 0.05) is 49.4 Å². The molecule has 8 heteroatoms. The number of benzene rings is 4. The van der Waals surface area contributed by atoms with Crippen LogP contribution in [-0.2, 0) is 21.1 Å². The number of para-hydroxylation sites is 1. The average Bonchev–Trinajstić information content (AvgIpc) is 3.94. The maximum atomic E-state index is 6.59. The minimum Gasteiger partial charge on any atom is -0.509 e. The van der Waals surface area contributed by atoms with Crippen molar-refractivity contribution in [3.63, 3.8) is 0 Å². The molecule has 9 rings (SSSR count). The van der Waals surface area contributed by atoms with Gasteiger partial charge in [-0.2, -0.15) is 12.1 Å². The molecule has 0 N–H and O–H groups in total. The third kappa shape index (κ3) is 5.99. The molecule has 0 atom stereocenters. The molecule has 0 spiro atoms. The Bertz CT molecular complexity index is 2410. The van der Waals surface area contributed by atoms with E-state index in [1.165, 1.54) is 53.5 Å². The molecule has 3 aromatic heterocycles. The number of anilines is 2. The summed E-state index contributed by atoms with van der Waals surface area (Å²) in [5.74, 6) is 4.33. The van der Waals surface area contributed by atoms with Gasteiger partial charge < -0.3 is 19.1 Å². The number of fused-ring (bicyclic) bond motifs is 3. The number of pyridine rings is 1. The number of aromatic nitrogens is 4. The molecular formula is C44H42N6OPt. The molecule has 2 saturated heterocycles. The Morgan fingerprint density at radius 1 is 0.654 bits per heavy atom. The van der Waals surface area contributed by atoms with Gasteiger partial charge in [-0.15, -0.1) is 40.8 Å². The van der Waals surface area contributed by atoms with Crippen LogP contribution in [0, 0.1) is 39.8 Å². The van der Waals surface area contributed by atoms with Crippen LogP contribution in [0.3, 0.4) is 0 Å². The van der Waals surface area contributed by atoms with Crippen molar-refractivity contribution in [2.24, 2.45) is 0 Å². The fourth-order valence-corrected chi connectivity index (χ4v) is 8.29. The zero-order valence-electron chi connectivity index (χ0n) is 30.1. The van der Waals surface area contributed by atoms with Crippen molar-refractivity contribution in [2.75, 3.05) is 36.0 Å². The summed E-state index contributed by atoms with van der Waals surface area (Å²) >= 11 is 0. The van der Waals surface area contributed by atoms with Gasteiger partial charge in [0.1, 0.15) is 11.6 Å². The quantitative estimate of drug-likeness (QED) is 0.150. The Kier molecular flexibility index (Phi) is 9.17. The Morgan fingerprint density at radius 2 is 1.37 bits per heavy atom. The summed E-state index contributed by atoms with van der Waals surface area (Å²) in [6.45, 7) is 12.8. The van der Waals surface area contributed by atoms with Crippen molar-refractivity contribution in [1.29, 1.82) is 0 Å². The molecule has 7 nitrogen and oxygen atoms in total. The first kappa shape index (κ1) is 34.2. The number of rotatable bonds is 7. The molecule has 0 radical (unpaired) electrons. The van der Waals surface area contributed by atoms with Crippen LogP contribution < -0.4 is 14.5 Å². The van der Waals surface area contributed by atoms with E-state index in [1.54, 1.807) is 0 Å². The largest absolute Gasteiger partial charge is 2.00 e. The number of ether oxygens (including phenoxy) is 1. The topological polar surface area (TPSA) is 51.4 Å². The van der Waals surface area contributed by atoms with Gasteiger partial charge in [0.2, 0.25) is 0 Å². The summed E-state index contributed by atoms with van der Waals surface area (Å²) in [4.78, 5) is 9.75. The summed E-state index contributed by atoms with van der Waals surface area (Å²) in [6, 6.07) is 34.6. The zero-order chi connectivity index (χ0) is 34.6. The number of hydrogen-bond acceptors (Lipinski definition) is 5. The molecule has 5 heterocycles. The van der Waals surface area contributed by atoms with Gasteiger partial charge in [-0.1, -0.05) is 41.4 Å². The second-order valence-corrected chi connectivity index (χ2v) is 14.2. The molecule has 0 saturated carbocycles. The maximum Gasteiger partial charge on any atom is 2.00 e. The van der Waals surface area contributed by atoms with Gasteiger partial charge in [-0.3, -0.25) is 0 Å². The van der Waals surface area contributed by atoms with E-state index in [9.17, 15) is 0 Å². The molecule has 2 aliphatic rings. The first-order valence-corrected chi connectivity index (χ1v) is 18.2. The SMILES string of the molecule is Cc1ccnc(-n2c3[c-]c(Oc4[c-]c(-n5nc(N6CCCC6)c(-c6c(C)cc(C)cc6C)c5N5CCCC5)ccc4)ccc3c3ccccc32)c1.[Pt+2]. The van der Waals surface area contributed by atoms with Crippen molar-refractivity contribution in [3.05, 3.63) is 119 Å². The van der Waals surface area contributed by atoms with Crippen molar-refractivity contribution in [1.82, 2.24) is 19.3 Å². The van der Waals surface area contributed by atoms with Crippen molar-refractivity contribution in [3.8, 4) is 34.1 Å². The van der Waals surface area contributed by atoms with Crippen LogP contribution in [-0.4, -0.2) is 45.5 Å². The molecule has 0 amide bonds. The van der Waals surface area contributed by atoms with Gasteiger partial charge >= 0.3 is 21.1 Å². The molecule has 2 aliphatic heterocycles. The molecular weight excluding hydrogens is 824 g/mol. The minimum absolute atomic E-state index is 0. The van der Waals surface area contributed by atoms with E-state index >= 15 is 0 Å². The molecule has 7 aromatic rings.